The lowest BCUT2D eigenvalue weighted by atomic mass is 10.1. The van der Waals surface area contributed by atoms with Crippen molar-refractivity contribution in [3.63, 3.8) is 0 Å². The van der Waals surface area contributed by atoms with Gasteiger partial charge in [-0.05, 0) is 166 Å². The Kier molecular flexibility index (Phi) is 21.1. The van der Waals surface area contributed by atoms with Crippen molar-refractivity contribution in [1.82, 2.24) is 15.1 Å². The van der Waals surface area contributed by atoms with E-state index in [4.69, 9.17) is 33.8 Å². The van der Waals surface area contributed by atoms with Crippen LogP contribution >= 0.6 is 0 Å². The lowest BCUT2D eigenvalue weighted by Gasteiger charge is -2.34. The van der Waals surface area contributed by atoms with Crippen LogP contribution in [0.4, 0.5) is 24.0 Å². The van der Waals surface area contributed by atoms with Crippen LogP contribution in [-0.4, -0.2) is 105 Å². The zero-order valence-corrected chi connectivity index (χ0v) is 40.2. The van der Waals surface area contributed by atoms with Crippen molar-refractivity contribution in [3.8, 4) is 5.75 Å². The summed E-state index contributed by atoms with van der Waals surface area (Å²) in [5, 5.41) is 10.4. The molecule has 1 aromatic rings. The average Bonchev–Trinajstić information content (AvgIpc) is 3.04. The highest BCUT2D eigenvalue weighted by Crippen LogP contribution is 2.20. The molecule has 0 aliphatic heterocycles. The molecule has 0 aromatic heterocycles. The summed E-state index contributed by atoms with van der Waals surface area (Å²) in [6.07, 6.45) is -1.42. The number of amides is 5. The monoisotopic (exact) mass is 875 g/mol. The summed E-state index contributed by atoms with van der Waals surface area (Å²) in [6, 6.07) is 7.16. The molecule has 0 spiro atoms. The Balaban J connectivity index is 3.45. The van der Waals surface area contributed by atoms with E-state index in [9.17, 15) is 24.0 Å². The van der Waals surface area contributed by atoms with E-state index >= 15 is 0 Å². The third-order valence-electron chi connectivity index (χ3n) is 7.44. The highest BCUT2D eigenvalue weighted by Gasteiger charge is 2.35. The van der Waals surface area contributed by atoms with E-state index in [1.165, 1.54) is 0 Å². The number of carbonyl (C=O) groups excluding carboxylic acids is 5. The van der Waals surface area contributed by atoms with Gasteiger partial charge in [0.25, 0.3) is 0 Å². The smallest absolute Gasteiger partial charge is 0.437 e. The first-order valence-electron chi connectivity index (χ1n) is 21.2. The predicted molar refractivity (Wildman–Crippen MR) is 239 cm³/mol. The number of alkyl carbamates (subject to hydrolysis) is 1. The fourth-order valence-electron chi connectivity index (χ4n) is 5.05. The third-order valence-corrected chi connectivity index (χ3v) is 7.44. The molecule has 1 aromatic carbocycles. The van der Waals surface area contributed by atoms with Gasteiger partial charge in [-0.3, -0.25) is 5.32 Å². The van der Waals surface area contributed by atoms with Gasteiger partial charge in [-0.1, -0.05) is 12.8 Å². The summed E-state index contributed by atoms with van der Waals surface area (Å²) in [4.78, 5) is 77.0. The minimum Gasteiger partial charge on any atom is -0.494 e. The quantitative estimate of drug-likeness (QED) is 0.0777. The Morgan fingerprint density at radius 1 is 0.565 bits per heavy atom. The summed E-state index contributed by atoms with van der Waals surface area (Å²) in [6.45, 7) is 27.4. The van der Waals surface area contributed by atoms with Crippen LogP contribution in [0.5, 0.6) is 5.75 Å². The van der Waals surface area contributed by atoms with Crippen molar-refractivity contribution in [2.24, 2.45) is 9.98 Å². The standard InChI is InChI=1S/C45H74N6O11/c1-31(46)32-24-26-33(27-25-32)57-30-22-21-29-51(40(56)62-45(14,15)16)35(49-38(54)60-43(8,9)10)50(39(55)61-44(11,12)13)28-20-18-17-19-23-34(47-36(52)58-41(2,3)4)48-37(53)59-42(5,6)7/h24-27,46H,17-23,28-30H2,1-16H3,(H,47,48,52,53). The second kappa shape index (κ2) is 23.8. The zero-order chi connectivity index (χ0) is 47.7. The van der Waals surface area contributed by atoms with Crippen molar-refractivity contribution in [1.29, 1.82) is 5.41 Å². The molecule has 1 rings (SSSR count). The van der Waals surface area contributed by atoms with Crippen LogP contribution in [0.1, 0.15) is 161 Å². The van der Waals surface area contributed by atoms with Gasteiger partial charge in [-0.25, -0.2) is 33.8 Å². The van der Waals surface area contributed by atoms with E-state index in [1.807, 2.05) is 0 Å². The Labute approximate surface area is 369 Å². The SMILES string of the molecule is CC(=N)c1ccc(OCCCCN(C(=O)OC(C)(C)C)C(=NC(=O)OC(C)(C)C)N(CCCCCCC(=NC(=O)OC(C)(C)C)NC(=O)OC(C)(C)C)C(=O)OC(C)(C)C)cc1. The van der Waals surface area contributed by atoms with E-state index in [0.29, 0.717) is 50.0 Å². The second-order valence-corrected chi connectivity index (χ2v) is 19.7. The van der Waals surface area contributed by atoms with Crippen LogP contribution in [-0.2, 0) is 23.7 Å². The second-order valence-electron chi connectivity index (χ2n) is 19.7. The normalized spacial score (nSPS) is 12.8. The molecule has 5 amide bonds. The fourth-order valence-corrected chi connectivity index (χ4v) is 5.05. The average molecular weight is 875 g/mol. The molecule has 2 N–H and O–H groups in total. The van der Waals surface area contributed by atoms with E-state index in [0.717, 1.165) is 15.4 Å². The van der Waals surface area contributed by atoms with Gasteiger partial charge in [-0.2, -0.15) is 4.99 Å². The molecule has 0 heterocycles. The lowest BCUT2D eigenvalue weighted by molar-refractivity contribution is 0.0269. The minimum absolute atomic E-state index is 0.0183. The van der Waals surface area contributed by atoms with Crippen molar-refractivity contribution < 1.29 is 52.4 Å². The molecule has 0 aliphatic rings. The summed E-state index contributed by atoms with van der Waals surface area (Å²) in [7, 11) is 0. The van der Waals surface area contributed by atoms with Crippen LogP contribution in [0.2, 0.25) is 0 Å². The van der Waals surface area contributed by atoms with Crippen LogP contribution in [0, 0.1) is 5.41 Å². The van der Waals surface area contributed by atoms with Gasteiger partial charge in [0.05, 0.1) is 6.61 Å². The molecular weight excluding hydrogens is 801 g/mol. The molecule has 350 valence electrons. The summed E-state index contributed by atoms with van der Waals surface area (Å²) >= 11 is 0. The topological polar surface area (TPSA) is 208 Å². The van der Waals surface area contributed by atoms with Gasteiger partial charge < -0.3 is 33.8 Å². The zero-order valence-electron chi connectivity index (χ0n) is 40.2. The molecule has 0 saturated heterocycles. The number of nitrogens with one attached hydrogen (secondary N) is 2. The Hall–Kier alpha value is -5.22. The van der Waals surface area contributed by atoms with Crippen LogP contribution in [0.3, 0.4) is 0 Å². The number of nitrogens with zero attached hydrogens (tertiary/aromatic N) is 4. The van der Waals surface area contributed by atoms with Gasteiger partial charge in [0, 0.05) is 25.2 Å². The van der Waals surface area contributed by atoms with Crippen molar-refractivity contribution in [3.05, 3.63) is 29.8 Å². The van der Waals surface area contributed by atoms with Gasteiger partial charge >= 0.3 is 30.5 Å². The summed E-state index contributed by atoms with van der Waals surface area (Å²) < 4.78 is 33.7. The van der Waals surface area contributed by atoms with Gasteiger partial charge in [0.1, 0.15) is 39.6 Å². The maximum Gasteiger partial charge on any atom is 0.437 e. The number of hydrogen-bond acceptors (Lipinski definition) is 12. The number of guanidine groups is 1. The largest absolute Gasteiger partial charge is 0.494 e. The minimum atomic E-state index is -1.03. The molecule has 0 atom stereocenters. The molecule has 17 heteroatoms. The number of unbranched alkanes of at least 4 members (excludes halogenated alkanes) is 4. The Morgan fingerprint density at radius 2 is 0.984 bits per heavy atom. The molecule has 0 unspecified atom stereocenters. The van der Waals surface area contributed by atoms with Crippen LogP contribution < -0.4 is 10.1 Å². The first kappa shape index (κ1) is 54.8. The van der Waals surface area contributed by atoms with Crippen molar-refractivity contribution >= 4 is 48.0 Å². The first-order valence-corrected chi connectivity index (χ1v) is 21.2. The number of rotatable bonds is 14. The molecule has 0 fully saturated rings. The maximum absolute atomic E-state index is 14.0. The highest BCUT2D eigenvalue weighted by atomic mass is 16.6. The molecule has 62 heavy (non-hydrogen) atoms. The highest BCUT2D eigenvalue weighted by molar-refractivity contribution is 6.05. The number of aliphatic imine (C=N–C) groups is 2. The van der Waals surface area contributed by atoms with Gasteiger partial charge in [0.2, 0.25) is 5.96 Å². The molecular formula is C45H74N6O11. The Morgan fingerprint density at radius 3 is 1.42 bits per heavy atom. The molecule has 0 saturated carbocycles. The van der Waals surface area contributed by atoms with Gasteiger partial charge in [-0.15, -0.1) is 4.99 Å². The van der Waals surface area contributed by atoms with Gasteiger partial charge in [0.15, 0.2) is 0 Å². The number of amidine groups is 1. The number of carbonyl (C=O) groups is 5. The number of hydrogen-bond donors (Lipinski definition) is 2. The van der Waals surface area contributed by atoms with E-state index in [-0.39, 0.29) is 37.9 Å². The molecule has 0 radical (unpaired) electrons. The van der Waals surface area contributed by atoms with E-state index < -0.39 is 58.5 Å². The van der Waals surface area contributed by atoms with Crippen LogP contribution in [0.25, 0.3) is 0 Å². The number of benzene rings is 1. The Bertz CT molecular complexity index is 1720. The molecule has 0 bridgehead atoms. The first-order chi connectivity index (χ1) is 28.2. The van der Waals surface area contributed by atoms with Crippen LogP contribution in [0.15, 0.2) is 34.3 Å². The van der Waals surface area contributed by atoms with E-state index in [2.05, 4.69) is 15.3 Å². The lowest BCUT2D eigenvalue weighted by Crippen LogP contribution is -2.53. The number of ether oxygens (including phenoxy) is 6. The molecule has 0 aliphatic carbocycles. The summed E-state index contributed by atoms with van der Waals surface area (Å²) in [5.74, 6) is 0.368. The maximum atomic E-state index is 14.0. The van der Waals surface area contributed by atoms with E-state index in [1.54, 1.807) is 135 Å². The molecule has 17 nitrogen and oxygen atoms in total. The van der Waals surface area contributed by atoms with Crippen molar-refractivity contribution in [2.75, 3.05) is 19.7 Å². The fraction of sp³-hybridized carbons (Fsp3) is 0.689. The van der Waals surface area contributed by atoms with Crippen molar-refractivity contribution in [2.45, 2.75) is 184 Å². The summed E-state index contributed by atoms with van der Waals surface area (Å²) in [5.41, 5.74) is -3.22. The third kappa shape index (κ3) is 25.5. The predicted octanol–water partition coefficient (Wildman–Crippen LogP) is 10.8.